The number of rotatable bonds is 7. The molecule has 0 amide bonds. The van der Waals surface area contributed by atoms with Gasteiger partial charge in [-0.25, -0.2) is 13.0 Å². The predicted octanol–water partition coefficient (Wildman–Crippen LogP) is 4.32. The molecule has 0 bridgehead atoms. The Morgan fingerprint density at radius 1 is 0.971 bits per heavy atom. The number of fused-ring (bicyclic) bond motifs is 1. The van der Waals surface area contributed by atoms with Gasteiger partial charge in [-0.15, -0.1) is 0 Å². The lowest BCUT2D eigenvalue weighted by atomic mass is 9.71. The van der Waals surface area contributed by atoms with Gasteiger partial charge in [0.05, 0.1) is 6.61 Å². The molecule has 2 saturated heterocycles. The second-order valence-electron chi connectivity index (χ2n) is 10.4. The number of likely N-dealkylation sites (tertiary alicyclic amines) is 1. The largest absolute Gasteiger partial charge is 0.493 e. The smallest absolute Gasteiger partial charge is 0.245 e. The molecule has 0 radical (unpaired) electrons. The van der Waals surface area contributed by atoms with Gasteiger partial charge in [0, 0.05) is 25.2 Å². The summed E-state index contributed by atoms with van der Waals surface area (Å²) in [4.78, 5) is 2.69. The second-order valence-corrected chi connectivity index (χ2v) is 12.3. The zero-order valence-corrected chi connectivity index (χ0v) is 21.3. The molecule has 0 N–H and O–H groups in total. The minimum Gasteiger partial charge on any atom is -0.493 e. The number of hydrogen-bond donors (Lipinski definition) is 0. The molecule has 0 atom stereocenters. The molecule has 0 unspecified atom stereocenters. The Bertz CT molecular complexity index is 1260. The quantitative estimate of drug-likeness (QED) is 0.479. The molecule has 2 aliphatic heterocycles. The summed E-state index contributed by atoms with van der Waals surface area (Å²) < 4.78 is 39.1. The second kappa shape index (κ2) is 9.87. The average molecular weight is 499 g/mol. The van der Waals surface area contributed by atoms with E-state index in [0.717, 1.165) is 57.7 Å². The molecule has 0 saturated carbocycles. The molecule has 9 heteroatoms. The van der Waals surface area contributed by atoms with E-state index in [-0.39, 0.29) is 10.3 Å². The van der Waals surface area contributed by atoms with Gasteiger partial charge < -0.3 is 4.74 Å². The van der Waals surface area contributed by atoms with Gasteiger partial charge in [0.15, 0.2) is 5.52 Å². The maximum absolute atomic E-state index is 13.3. The fourth-order valence-electron chi connectivity index (χ4n) is 5.29. The summed E-state index contributed by atoms with van der Waals surface area (Å²) in [5.41, 5.74) is 2.22. The van der Waals surface area contributed by atoms with Crippen molar-refractivity contribution in [3.63, 3.8) is 0 Å². The summed E-state index contributed by atoms with van der Waals surface area (Å²) in [5, 5.41) is 7.61. The number of nitrogens with zero attached hydrogens (tertiary/aromatic N) is 4. The van der Waals surface area contributed by atoms with Gasteiger partial charge in [-0.05, 0) is 78.6 Å². The zero-order chi connectivity index (χ0) is 24.5. The van der Waals surface area contributed by atoms with Crippen molar-refractivity contribution >= 4 is 21.1 Å². The SMILES string of the molecule is CC(C)COc1ccccc1CN1CCC2(CC1)CCN(S(=O)(=O)c1cccc3nonc13)CC2. The summed E-state index contributed by atoms with van der Waals surface area (Å²) in [6.45, 7) is 9.06. The van der Waals surface area contributed by atoms with Gasteiger partial charge in [0.1, 0.15) is 16.2 Å². The summed E-state index contributed by atoms with van der Waals surface area (Å²) in [6.07, 6.45) is 3.97. The fourth-order valence-corrected chi connectivity index (χ4v) is 6.87. The lowest BCUT2D eigenvalue weighted by Crippen LogP contribution is -2.48. The first-order valence-electron chi connectivity index (χ1n) is 12.5. The van der Waals surface area contributed by atoms with E-state index in [1.807, 2.05) is 6.07 Å². The van der Waals surface area contributed by atoms with Gasteiger partial charge in [0.2, 0.25) is 10.0 Å². The topological polar surface area (TPSA) is 88.8 Å². The van der Waals surface area contributed by atoms with Crippen LogP contribution in [-0.2, 0) is 16.6 Å². The molecule has 3 heterocycles. The van der Waals surface area contributed by atoms with E-state index in [0.29, 0.717) is 30.0 Å². The number of benzene rings is 2. The number of para-hydroxylation sites is 1. The van der Waals surface area contributed by atoms with Gasteiger partial charge in [-0.2, -0.15) is 4.31 Å². The van der Waals surface area contributed by atoms with E-state index in [4.69, 9.17) is 9.37 Å². The predicted molar refractivity (Wildman–Crippen MR) is 134 cm³/mol. The van der Waals surface area contributed by atoms with Crippen LogP contribution in [0.25, 0.3) is 11.0 Å². The first kappa shape index (κ1) is 24.2. The van der Waals surface area contributed by atoms with E-state index < -0.39 is 10.0 Å². The molecule has 1 aromatic heterocycles. The number of sulfonamides is 1. The van der Waals surface area contributed by atoms with Crippen LogP contribution in [0, 0.1) is 11.3 Å². The maximum atomic E-state index is 13.3. The molecular weight excluding hydrogens is 464 g/mol. The standard InChI is InChI=1S/C26H34N4O4S/c1-20(2)19-33-23-8-4-3-6-21(23)18-29-14-10-26(11-15-29)12-16-30(17-13-26)35(31,32)24-9-5-7-22-25(24)28-34-27-22/h3-9,20H,10-19H2,1-2H3. The Hall–Kier alpha value is -2.49. The molecule has 188 valence electrons. The molecular formula is C26H34N4O4S. The molecule has 5 rings (SSSR count). The number of ether oxygens (including phenoxy) is 1. The summed E-state index contributed by atoms with van der Waals surface area (Å²) >= 11 is 0. The van der Waals surface area contributed by atoms with Crippen molar-refractivity contribution in [2.75, 3.05) is 32.8 Å². The lowest BCUT2D eigenvalue weighted by Gasteiger charge is -2.46. The van der Waals surface area contributed by atoms with Crippen LogP contribution in [0.15, 0.2) is 52.0 Å². The first-order valence-corrected chi connectivity index (χ1v) is 13.9. The Morgan fingerprint density at radius 2 is 1.69 bits per heavy atom. The van der Waals surface area contributed by atoms with E-state index in [2.05, 4.69) is 47.3 Å². The number of piperidine rings is 2. The van der Waals surface area contributed by atoms with Crippen molar-refractivity contribution in [3.05, 3.63) is 48.0 Å². The highest BCUT2D eigenvalue weighted by Gasteiger charge is 2.41. The highest BCUT2D eigenvalue weighted by molar-refractivity contribution is 7.89. The highest BCUT2D eigenvalue weighted by Crippen LogP contribution is 2.43. The summed E-state index contributed by atoms with van der Waals surface area (Å²) in [6, 6.07) is 13.3. The third-order valence-electron chi connectivity index (χ3n) is 7.51. The molecule has 8 nitrogen and oxygen atoms in total. The van der Waals surface area contributed by atoms with Crippen LogP contribution < -0.4 is 4.74 Å². The number of aromatic nitrogens is 2. The summed E-state index contributed by atoms with van der Waals surface area (Å²) in [7, 11) is -3.64. The van der Waals surface area contributed by atoms with Crippen molar-refractivity contribution in [2.45, 2.75) is 51.0 Å². The molecule has 2 aliphatic rings. The third-order valence-corrected chi connectivity index (χ3v) is 9.44. The Morgan fingerprint density at radius 3 is 2.43 bits per heavy atom. The van der Waals surface area contributed by atoms with E-state index in [1.165, 1.54) is 5.56 Å². The molecule has 1 spiro atoms. The van der Waals surface area contributed by atoms with Gasteiger partial charge >= 0.3 is 0 Å². The van der Waals surface area contributed by atoms with Crippen LogP contribution in [-0.4, -0.2) is 60.7 Å². The van der Waals surface area contributed by atoms with Crippen LogP contribution in [0.4, 0.5) is 0 Å². The maximum Gasteiger partial charge on any atom is 0.245 e. The van der Waals surface area contributed by atoms with E-state index in [1.54, 1.807) is 22.5 Å². The molecule has 35 heavy (non-hydrogen) atoms. The Balaban J connectivity index is 1.19. The van der Waals surface area contributed by atoms with Crippen molar-refractivity contribution in [1.82, 2.24) is 19.5 Å². The van der Waals surface area contributed by atoms with Crippen molar-refractivity contribution in [2.24, 2.45) is 11.3 Å². The lowest BCUT2D eigenvalue weighted by molar-refractivity contribution is 0.0525. The van der Waals surface area contributed by atoms with Crippen LogP contribution in [0.3, 0.4) is 0 Å². The normalized spacial score (nSPS) is 19.5. The minimum absolute atomic E-state index is 0.181. The Kier molecular flexibility index (Phi) is 6.83. The van der Waals surface area contributed by atoms with Crippen LogP contribution in [0.1, 0.15) is 45.1 Å². The Labute approximate surface area is 207 Å². The third kappa shape index (κ3) is 5.08. The van der Waals surface area contributed by atoms with Crippen LogP contribution >= 0.6 is 0 Å². The van der Waals surface area contributed by atoms with E-state index >= 15 is 0 Å². The van der Waals surface area contributed by atoms with Crippen LogP contribution in [0.5, 0.6) is 5.75 Å². The zero-order valence-electron chi connectivity index (χ0n) is 20.5. The van der Waals surface area contributed by atoms with Gasteiger partial charge in [-0.1, -0.05) is 38.1 Å². The molecule has 2 fully saturated rings. The van der Waals surface area contributed by atoms with Crippen molar-refractivity contribution in [1.29, 1.82) is 0 Å². The summed E-state index contributed by atoms with van der Waals surface area (Å²) in [5.74, 6) is 1.48. The van der Waals surface area contributed by atoms with Gasteiger partial charge in [-0.3, -0.25) is 4.90 Å². The average Bonchev–Trinajstić information content (AvgIpc) is 3.34. The molecule has 3 aromatic rings. The fraction of sp³-hybridized carbons (Fsp3) is 0.538. The molecule has 0 aliphatic carbocycles. The highest BCUT2D eigenvalue weighted by atomic mass is 32.2. The first-order chi connectivity index (χ1) is 16.9. The van der Waals surface area contributed by atoms with Gasteiger partial charge in [0.25, 0.3) is 0 Å². The number of hydrogen-bond acceptors (Lipinski definition) is 7. The van der Waals surface area contributed by atoms with Crippen LogP contribution in [0.2, 0.25) is 0 Å². The van der Waals surface area contributed by atoms with Crippen molar-refractivity contribution in [3.8, 4) is 5.75 Å². The monoisotopic (exact) mass is 498 g/mol. The van der Waals surface area contributed by atoms with E-state index in [9.17, 15) is 8.42 Å². The minimum atomic E-state index is -3.64. The van der Waals surface area contributed by atoms with Crippen molar-refractivity contribution < 1.29 is 17.8 Å². The molecule has 2 aromatic carbocycles.